The van der Waals surface area contributed by atoms with Crippen LogP contribution in [0, 0.1) is 10.1 Å². The fourth-order valence-electron chi connectivity index (χ4n) is 1.31. The van der Waals surface area contributed by atoms with E-state index in [-0.39, 0.29) is 0 Å². The van der Waals surface area contributed by atoms with E-state index in [9.17, 15) is 18.5 Å². The SMILES string of the molecule is CC(C)(CO)NS(=O)(=O)c1cc(Br)ccc1[N+](=O)[O-]. The lowest BCUT2D eigenvalue weighted by atomic mass is 10.1. The molecule has 0 heterocycles. The summed E-state index contributed by atoms with van der Waals surface area (Å²) in [4.78, 5) is 9.64. The van der Waals surface area contributed by atoms with Gasteiger partial charge in [-0.15, -0.1) is 0 Å². The Morgan fingerprint density at radius 1 is 1.47 bits per heavy atom. The van der Waals surface area contributed by atoms with E-state index in [0.29, 0.717) is 4.47 Å². The van der Waals surface area contributed by atoms with Crippen molar-refractivity contribution in [1.29, 1.82) is 0 Å². The van der Waals surface area contributed by atoms with E-state index in [0.717, 1.165) is 12.1 Å². The lowest BCUT2D eigenvalue weighted by Gasteiger charge is -2.23. The van der Waals surface area contributed by atoms with Crippen LogP contribution < -0.4 is 4.72 Å². The Morgan fingerprint density at radius 2 is 2.05 bits per heavy atom. The summed E-state index contributed by atoms with van der Waals surface area (Å²) in [6.45, 7) is 2.50. The van der Waals surface area contributed by atoms with Crippen LogP contribution in [0.25, 0.3) is 0 Å². The molecule has 0 unspecified atom stereocenters. The van der Waals surface area contributed by atoms with Crippen LogP contribution >= 0.6 is 15.9 Å². The minimum Gasteiger partial charge on any atom is -0.394 e. The average molecular weight is 353 g/mol. The van der Waals surface area contributed by atoms with Crippen LogP contribution in [-0.4, -0.2) is 30.6 Å². The zero-order chi connectivity index (χ0) is 14.8. The maximum atomic E-state index is 12.1. The molecule has 0 radical (unpaired) electrons. The molecule has 0 bridgehead atoms. The third-order valence-electron chi connectivity index (χ3n) is 2.21. The number of sulfonamides is 1. The van der Waals surface area contributed by atoms with Crippen LogP contribution in [0.15, 0.2) is 27.6 Å². The van der Waals surface area contributed by atoms with Crippen molar-refractivity contribution >= 4 is 31.6 Å². The molecule has 7 nitrogen and oxygen atoms in total. The van der Waals surface area contributed by atoms with Gasteiger partial charge in [-0.05, 0) is 26.0 Å². The number of nitro benzene ring substituents is 1. The number of nitrogens with zero attached hydrogens (tertiary/aromatic N) is 1. The maximum Gasteiger partial charge on any atom is 0.289 e. The zero-order valence-electron chi connectivity index (χ0n) is 10.3. The highest BCUT2D eigenvalue weighted by Crippen LogP contribution is 2.27. The van der Waals surface area contributed by atoms with Crippen LogP contribution in [0.5, 0.6) is 0 Å². The average Bonchev–Trinajstić information content (AvgIpc) is 2.27. The van der Waals surface area contributed by atoms with Crippen molar-refractivity contribution < 1.29 is 18.4 Å². The third-order valence-corrected chi connectivity index (χ3v) is 4.43. The molecule has 1 aromatic carbocycles. The van der Waals surface area contributed by atoms with Crippen LogP contribution in [0.1, 0.15) is 13.8 Å². The van der Waals surface area contributed by atoms with E-state index in [1.165, 1.54) is 19.9 Å². The third kappa shape index (κ3) is 3.96. The first-order valence-electron chi connectivity index (χ1n) is 5.18. The van der Waals surface area contributed by atoms with E-state index >= 15 is 0 Å². The maximum absolute atomic E-state index is 12.1. The number of nitro groups is 1. The summed E-state index contributed by atoms with van der Waals surface area (Å²) in [5, 5.41) is 19.9. The number of aliphatic hydroxyl groups excluding tert-OH is 1. The van der Waals surface area contributed by atoms with E-state index in [1.807, 2.05) is 0 Å². The smallest absolute Gasteiger partial charge is 0.289 e. The van der Waals surface area contributed by atoms with Gasteiger partial charge >= 0.3 is 0 Å². The molecular weight excluding hydrogens is 340 g/mol. The summed E-state index contributed by atoms with van der Waals surface area (Å²) in [6, 6.07) is 3.63. The first-order chi connectivity index (χ1) is 8.59. The van der Waals surface area contributed by atoms with Gasteiger partial charge in [0.25, 0.3) is 5.69 Å². The summed E-state index contributed by atoms with van der Waals surface area (Å²) < 4.78 is 26.9. The number of aliphatic hydroxyl groups is 1. The summed E-state index contributed by atoms with van der Waals surface area (Å²) in [7, 11) is -4.11. The quantitative estimate of drug-likeness (QED) is 0.614. The second-order valence-corrected chi connectivity index (χ2v) is 7.08. The van der Waals surface area contributed by atoms with Gasteiger partial charge in [0.05, 0.1) is 17.1 Å². The van der Waals surface area contributed by atoms with Gasteiger partial charge in [0.15, 0.2) is 4.90 Å². The van der Waals surface area contributed by atoms with Crippen molar-refractivity contribution in [3.05, 3.63) is 32.8 Å². The molecule has 106 valence electrons. The molecule has 19 heavy (non-hydrogen) atoms. The van der Waals surface area contributed by atoms with Gasteiger partial charge in [-0.3, -0.25) is 10.1 Å². The fourth-order valence-corrected chi connectivity index (χ4v) is 3.42. The van der Waals surface area contributed by atoms with Gasteiger partial charge < -0.3 is 5.11 Å². The topological polar surface area (TPSA) is 110 Å². The zero-order valence-corrected chi connectivity index (χ0v) is 12.7. The van der Waals surface area contributed by atoms with Crippen molar-refractivity contribution in [3.63, 3.8) is 0 Å². The Morgan fingerprint density at radius 3 is 2.53 bits per heavy atom. The van der Waals surface area contributed by atoms with E-state index in [2.05, 4.69) is 20.7 Å². The predicted octanol–water partition coefficient (Wildman–Crippen LogP) is 1.41. The molecule has 2 N–H and O–H groups in total. The Kier molecular flexibility index (Phi) is 4.67. The Hall–Kier alpha value is -1.03. The number of rotatable bonds is 5. The highest BCUT2D eigenvalue weighted by atomic mass is 79.9. The lowest BCUT2D eigenvalue weighted by molar-refractivity contribution is -0.387. The van der Waals surface area contributed by atoms with E-state index < -0.39 is 37.7 Å². The molecule has 0 aliphatic carbocycles. The summed E-state index contributed by atoms with van der Waals surface area (Å²) in [6.07, 6.45) is 0. The molecule has 0 saturated carbocycles. The fraction of sp³-hybridized carbons (Fsp3) is 0.400. The van der Waals surface area contributed by atoms with Crippen molar-refractivity contribution in [2.75, 3.05) is 6.61 Å². The highest BCUT2D eigenvalue weighted by Gasteiger charge is 2.31. The minimum atomic E-state index is -4.11. The molecule has 1 aromatic rings. The number of hydrogen-bond acceptors (Lipinski definition) is 5. The first-order valence-corrected chi connectivity index (χ1v) is 7.45. The predicted molar refractivity (Wildman–Crippen MR) is 72.3 cm³/mol. The monoisotopic (exact) mass is 352 g/mol. The van der Waals surface area contributed by atoms with Gasteiger partial charge in [-0.1, -0.05) is 15.9 Å². The van der Waals surface area contributed by atoms with E-state index in [4.69, 9.17) is 5.11 Å². The standard InChI is InChI=1S/C10H13BrN2O5S/c1-10(2,6-14)12-19(17,18)9-5-7(11)3-4-8(9)13(15)16/h3-5,12,14H,6H2,1-2H3. The highest BCUT2D eigenvalue weighted by molar-refractivity contribution is 9.10. The van der Waals surface area contributed by atoms with Crippen LogP contribution in [-0.2, 0) is 10.0 Å². The summed E-state index contributed by atoms with van der Waals surface area (Å²) in [5.74, 6) is 0. The molecule has 0 aliphatic heterocycles. The molecule has 0 aromatic heterocycles. The summed E-state index contributed by atoms with van der Waals surface area (Å²) in [5.41, 5.74) is -1.64. The molecule has 0 fully saturated rings. The van der Waals surface area contributed by atoms with Gasteiger partial charge in [0.1, 0.15) is 0 Å². The second kappa shape index (κ2) is 5.53. The van der Waals surface area contributed by atoms with Crippen LogP contribution in [0.4, 0.5) is 5.69 Å². The summed E-state index contributed by atoms with van der Waals surface area (Å²) >= 11 is 3.07. The number of halogens is 1. The van der Waals surface area contributed by atoms with Crippen molar-refractivity contribution in [1.82, 2.24) is 4.72 Å². The van der Waals surface area contributed by atoms with Gasteiger partial charge in [0.2, 0.25) is 10.0 Å². The normalized spacial score (nSPS) is 12.4. The van der Waals surface area contributed by atoms with Crippen molar-refractivity contribution in [3.8, 4) is 0 Å². The Bertz CT molecular complexity index is 600. The van der Waals surface area contributed by atoms with Crippen LogP contribution in [0.2, 0.25) is 0 Å². The number of hydrogen-bond donors (Lipinski definition) is 2. The molecule has 0 saturated heterocycles. The molecule has 0 atom stereocenters. The van der Waals surface area contributed by atoms with Gasteiger partial charge in [-0.25, -0.2) is 13.1 Å². The second-order valence-electron chi connectivity index (χ2n) is 4.52. The molecule has 1 rings (SSSR count). The Labute approximate surface area is 119 Å². The van der Waals surface area contributed by atoms with Crippen LogP contribution in [0.3, 0.4) is 0 Å². The van der Waals surface area contributed by atoms with Gasteiger partial charge in [-0.2, -0.15) is 0 Å². The van der Waals surface area contributed by atoms with Crippen molar-refractivity contribution in [2.45, 2.75) is 24.3 Å². The molecule has 9 heteroatoms. The first kappa shape index (κ1) is 16.0. The minimum absolute atomic E-state index is 0.403. The largest absolute Gasteiger partial charge is 0.394 e. The Balaban J connectivity index is 3.36. The van der Waals surface area contributed by atoms with Gasteiger partial charge in [0, 0.05) is 10.5 Å². The van der Waals surface area contributed by atoms with E-state index in [1.54, 1.807) is 0 Å². The van der Waals surface area contributed by atoms with Crippen molar-refractivity contribution in [2.24, 2.45) is 0 Å². The lowest BCUT2D eigenvalue weighted by Crippen LogP contribution is -2.46. The number of nitrogens with one attached hydrogen (secondary N) is 1. The molecule has 0 amide bonds. The molecular formula is C10H13BrN2O5S. The number of benzene rings is 1. The molecule has 0 spiro atoms. The molecule has 0 aliphatic rings.